The lowest BCUT2D eigenvalue weighted by Crippen LogP contribution is -2.30. The molecule has 8 heteroatoms. The average molecular weight is 276 g/mol. The molecule has 0 aliphatic carbocycles. The van der Waals surface area contributed by atoms with Crippen LogP contribution in [0.25, 0.3) is 11.2 Å². The number of nitrogens with zero attached hydrogens (tertiary/aromatic N) is 4. The van der Waals surface area contributed by atoms with Crippen molar-refractivity contribution in [1.82, 2.24) is 19.1 Å². The van der Waals surface area contributed by atoms with Gasteiger partial charge in [0.15, 0.2) is 11.5 Å². The Balaban J connectivity index is 2.02. The molecule has 2 aromatic heterocycles. The van der Waals surface area contributed by atoms with Crippen LogP contribution in [0.2, 0.25) is 0 Å². The van der Waals surface area contributed by atoms with Crippen LogP contribution in [0.4, 0.5) is 11.8 Å². The quantitative estimate of drug-likeness (QED) is 0.757. The number of nitrogen functional groups attached to an aromatic ring is 1. The molecule has 20 heavy (non-hydrogen) atoms. The Morgan fingerprint density at radius 1 is 1.45 bits per heavy atom. The Morgan fingerprint density at radius 2 is 2.30 bits per heavy atom. The van der Waals surface area contributed by atoms with Gasteiger partial charge in [-0.2, -0.15) is 9.97 Å². The fraction of sp³-hybridized carbons (Fsp3) is 0.583. The van der Waals surface area contributed by atoms with Crippen LogP contribution in [0.5, 0.6) is 0 Å². The van der Waals surface area contributed by atoms with Gasteiger partial charge in [-0.1, -0.05) is 0 Å². The second kappa shape index (κ2) is 3.95. The molecule has 3 N–H and O–H groups in total. The molecule has 4 heterocycles. The van der Waals surface area contributed by atoms with Gasteiger partial charge in [-0.15, -0.1) is 0 Å². The Kier molecular flexibility index (Phi) is 2.31. The summed E-state index contributed by atoms with van der Waals surface area (Å²) in [4.78, 5) is 21.1. The maximum atomic E-state index is 12.6. The summed E-state index contributed by atoms with van der Waals surface area (Å²) in [6.45, 7) is 3.83. The van der Waals surface area contributed by atoms with Crippen LogP contribution in [-0.2, 0) is 11.3 Å². The van der Waals surface area contributed by atoms with Crippen molar-refractivity contribution >= 4 is 22.9 Å². The number of hydrogen-bond donors (Lipinski definition) is 2. The minimum absolute atomic E-state index is 0.0153. The number of nitrogens with two attached hydrogens (primary N) is 1. The van der Waals surface area contributed by atoms with E-state index in [2.05, 4.69) is 15.3 Å². The molecular weight excluding hydrogens is 260 g/mol. The summed E-state index contributed by atoms with van der Waals surface area (Å²) < 4.78 is 9.02. The van der Waals surface area contributed by atoms with Crippen molar-refractivity contribution in [1.29, 1.82) is 0 Å². The SMILES string of the molecule is CC1CC(n2c(=O)n3c4c(nc(N)nc42)NCC3)CO1. The molecule has 4 rings (SSSR count). The van der Waals surface area contributed by atoms with Gasteiger partial charge < -0.3 is 15.8 Å². The fourth-order valence-corrected chi connectivity index (χ4v) is 3.11. The maximum absolute atomic E-state index is 12.6. The number of anilines is 2. The zero-order valence-electron chi connectivity index (χ0n) is 11.2. The lowest BCUT2D eigenvalue weighted by Gasteiger charge is -2.14. The molecule has 8 nitrogen and oxygen atoms in total. The zero-order chi connectivity index (χ0) is 13.9. The highest BCUT2D eigenvalue weighted by molar-refractivity contribution is 5.85. The summed E-state index contributed by atoms with van der Waals surface area (Å²) in [7, 11) is 0. The van der Waals surface area contributed by atoms with Crippen LogP contribution in [-0.4, -0.2) is 38.4 Å². The largest absolute Gasteiger partial charge is 0.376 e. The molecule has 2 atom stereocenters. The van der Waals surface area contributed by atoms with Crippen LogP contribution in [0.3, 0.4) is 0 Å². The van der Waals surface area contributed by atoms with Crippen molar-refractivity contribution in [2.75, 3.05) is 24.2 Å². The van der Waals surface area contributed by atoms with Crippen molar-refractivity contribution in [2.45, 2.75) is 32.0 Å². The summed E-state index contributed by atoms with van der Waals surface area (Å²) in [5.41, 5.74) is 7.06. The molecule has 106 valence electrons. The van der Waals surface area contributed by atoms with Crippen LogP contribution in [0.15, 0.2) is 4.79 Å². The average Bonchev–Trinajstić information content (AvgIpc) is 2.94. The zero-order valence-corrected chi connectivity index (χ0v) is 11.2. The smallest absolute Gasteiger partial charge is 0.330 e. The molecule has 0 amide bonds. The summed E-state index contributed by atoms with van der Waals surface area (Å²) in [6.07, 6.45) is 0.971. The van der Waals surface area contributed by atoms with E-state index in [1.54, 1.807) is 9.13 Å². The van der Waals surface area contributed by atoms with Gasteiger partial charge >= 0.3 is 5.69 Å². The van der Waals surface area contributed by atoms with Crippen molar-refractivity contribution in [2.24, 2.45) is 0 Å². The molecule has 0 spiro atoms. The Bertz CT molecular complexity index is 748. The lowest BCUT2D eigenvalue weighted by atomic mass is 10.2. The summed E-state index contributed by atoms with van der Waals surface area (Å²) in [6, 6.07) is 0.0153. The third-order valence-electron chi connectivity index (χ3n) is 3.99. The molecule has 2 aliphatic heterocycles. The van der Waals surface area contributed by atoms with E-state index >= 15 is 0 Å². The van der Waals surface area contributed by atoms with Crippen LogP contribution in [0, 0.1) is 0 Å². The van der Waals surface area contributed by atoms with Crippen molar-refractivity contribution in [3.05, 3.63) is 10.5 Å². The molecule has 1 saturated heterocycles. The van der Waals surface area contributed by atoms with E-state index < -0.39 is 0 Å². The molecular formula is C12H16N6O2. The standard InChI is InChI=1S/C12H16N6O2/c1-6-4-7(5-20-6)18-10-8-9(15-11(13)16-10)14-2-3-17(8)12(18)19/h6-7H,2-5H2,1H3,(H3,13,14,15,16). The van der Waals surface area contributed by atoms with Crippen LogP contribution >= 0.6 is 0 Å². The molecule has 2 aliphatic rings. The van der Waals surface area contributed by atoms with Crippen molar-refractivity contribution < 1.29 is 4.74 Å². The number of nitrogens with one attached hydrogen (secondary N) is 1. The minimum Gasteiger partial charge on any atom is -0.376 e. The number of aromatic nitrogens is 4. The van der Waals surface area contributed by atoms with Gasteiger partial charge in [0.2, 0.25) is 5.95 Å². The van der Waals surface area contributed by atoms with Gasteiger partial charge in [0, 0.05) is 13.1 Å². The van der Waals surface area contributed by atoms with Gasteiger partial charge in [-0.25, -0.2) is 4.79 Å². The highest BCUT2D eigenvalue weighted by atomic mass is 16.5. The third kappa shape index (κ3) is 1.48. The topological polar surface area (TPSA) is 100.0 Å². The van der Waals surface area contributed by atoms with Gasteiger partial charge in [-0.05, 0) is 13.3 Å². The summed E-state index contributed by atoms with van der Waals surface area (Å²) in [5, 5.41) is 3.17. The maximum Gasteiger partial charge on any atom is 0.330 e. The molecule has 0 saturated carbocycles. The lowest BCUT2D eigenvalue weighted by molar-refractivity contribution is 0.120. The summed E-state index contributed by atoms with van der Waals surface area (Å²) in [5.74, 6) is 0.821. The Hall–Kier alpha value is -2.09. The molecule has 0 aromatic carbocycles. The van der Waals surface area contributed by atoms with E-state index in [-0.39, 0.29) is 23.8 Å². The Morgan fingerprint density at radius 3 is 3.05 bits per heavy atom. The normalized spacial score (nSPS) is 25.1. The van der Waals surface area contributed by atoms with E-state index in [0.29, 0.717) is 31.2 Å². The first kappa shape index (κ1) is 11.7. The monoisotopic (exact) mass is 276 g/mol. The van der Waals surface area contributed by atoms with Crippen molar-refractivity contribution in [3.63, 3.8) is 0 Å². The summed E-state index contributed by atoms with van der Waals surface area (Å²) >= 11 is 0. The van der Waals surface area contributed by atoms with Gasteiger partial charge in [0.1, 0.15) is 5.52 Å². The highest BCUT2D eigenvalue weighted by Crippen LogP contribution is 2.29. The van der Waals surface area contributed by atoms with Gasteiger partial charge in [0.05, 0.1) is 18.8 Å². The van der Waals surface area contributed by atoms with E-state index in [0.717, 1.165) is 11.9 Å². The number of ether oxygens (including phenoxy) is 1. The van der Waals surface area contributed by atoms with Gasteiger partial charge in [-0.3, -0.25) is 9.13 Å². The number of imidazole rings is 1. The van der Waals surface area contributed by atoms with E-state index in [1.165, 1.54) is 0 Å². The third-order valence-corrected chi connectivity index (χ3v) is 3.99. The van der Waals surface area contributed by atoms with Gasteiger partial charge in [0.25, 0.3) is 0 Å². The minimum atomic E-state index is -0.0506. The first-order chi connectivity index (χ1) is 9.65. The first-order valence-electron chi connectivity index (χ1n) is 6.79. The molecule has 1 fully saturated rings. The van der Waals surface area contributed by atoms with Crippen LogP contribution in [0.1, 0.15) is 19.4 Å². The molecule has 2 aromatic rings. The highest BCUT2D eigenvalue weighted by Gasteiger charge is 2.30. The Labute approximate surface area is 114 Å². The second-order valence-electron chi connectivity index (χ2n) is 5.37. The van der Waals surface area contributed by atoms with Crippen molar-refractivity contribution in [3.8, 4) is 0 Å². The van der Waals surface area contributed by atoms with Crippen LogP contribution < -0.4 is 16.7 Å². The van der Waals surface area contributed by atoms with E-state index in [1.807, 2.05) is 6.92 Å². The second-order valence-corrected chi connectivity index (χ2v) is 5.37. The predicted molar refractivity (Wildman–Crippen MR) is 73.8 cm³/mol. The molecule has 0 radical (unpaired) electrons. The first-order valence-corrected chi connectivity index (χ1v) is 6.79. The predicted octanol–water partition coefficient (Wildman–Crippen LogP) is -0.0494. The van der Waals surface area contributed by atoms with E-state index in [4.69, 9.17) is 10.5 Å². The molecule has 0 bridgehead atoms. The fourth-order valence-electron chi connectivity index (χ4n) is 3.11. The molecule has 2 unspecified atom stereocenters. The van der Waals surface area contributed by atoms with E-state index in [9.17, 15) is 4.79 Å². The number of hydrogen-bond acceptors (Lipinski definition) is 6. The number of rotatable bonds is 1.